The average Bonchev–Trinajstić information content (AvgIpc) is 2.60. The minimum atomic E-state index is 0.450. The first kappa shape index (κ1) is 14.9. The van der Waals surface area contributed by atoms with Crippen molar-refractivity contribution in [3.63, 3.8) is 0 Å². The molecule has 0 spiro atoms. The predicted octanol–water partition coefficient (Wildman–Crippen LogP) is 4.24. The summed E-state index contributed by atoms with van der Waals surface area (Å²) in [4.78, 5) is 0. The highest BCUT2D eigenvalue weighted by Gasteiger charge is 2.07. The molecule has 0 saturated heterocycles. The Morgan fingerprint density at radius 3 is 2.65 bits per heavy atom. The van der Waals surface area contributed by atoms with Crippen molar-refractivity contribution in [1.29, 1.82) is 0 Å². The molecule has 3 aromatic rings. The van der Waals surface area contributed by atoms with Crippen LogP contribution in [0.4, 0.5) is 0 Å². The zero-order valence-corrected chi connectivity index (χ0v) is 12.8. The minimum absolute atomic E-state index is 0.450. The number of fused-ring (bicyclic) bond motifs is 1. The van der Waals surface area contributed by atoms with Gasteiger partial charge < -0.3 is 14.7 Å². The Kier molecular flexibility index (Phi) is 4.43. The van der Waals surface area contributed by atoms with Crippen molar-refractivity contribution in [3.05, 3.63) is 71.8 Å². The molecule has 0 aliphatic rings. The lowest BCUT2D eigenvalue weighted by Gasteiger charge is -2.12. The van der Waals surface area contributed by atoms with Gasteiger partial charge in [0.1, 0.15) is 6.61 Å². The molecule has 0 bridgehead atoms. The molecule has 0 atom stereocenters. The van der Waals surface area contributed by atoms with Crippen LogP contribution in [0.3, 0.4) is 0 Å². The number of methoxy groups -OCH3 is 1. The van der Waals surface area contributed by atoms with Crippen molar-refractivity contribution in [2.45, 2.75) is 6.61 Å². The lowest BCUT2D eigenvalue weighted by molar-refractivity contribution is 0.285. The minimum Gasteiger partial charge on any atom is -0.493 e. The van der Waals surface area contributed by atoms with E-state index in [4.69, 9.17) is 14.7 Å². The molecule has 0 fully saturated rings. The molecule has 4 nitrogen and oxygen atoms in total. The van der Waals surface area contributed by atoms with Crippen LogP contribution < -0.4 is 9.47 Å². The summed E-state index contributed by atoms with van der Waals surface area (Å²) in [6, 6.07) is 19.8. The first-order chi connectivity index (χ1) is 11.3. The van der Waals surface area contributed by atoms with E-state index in [1.165, 1.54) is 17.0 Å². The second kappa shape index (κ2) is 6.83. The molecule has 0 radical (unpaired) electrons. The van der Waals surface area contributed by atoms with Gasteiger partial charge in [0.2, 0.25) is 0 Å². The molecule has 0 saturated carbocycles. The second-order valence-electron chi connectivity index (χ2n) is 5.08. The predicted molar refractivity (Wildman–Crippen MR) is 90.7 cm³/mol. The van der Waals surface area contributed by atoms with Crippen LogP contribution >= 0.6 is 0 Å². The van der Waals surface area contributed by atoms with E-state index in [-0.39, 0.29) is 0 Å². The zero-order valence-electron chi connectivity index (χ0n) is 12.8. The molecular formula is C19H17NO3. The Hall–Kier alpha value is -3.01. The van der Waals surface area contributed by atoms with Gasteiger partial charge >= 0.3 is 0 Å². The van der Waals surface area contributed by atoms with Gasteiger partial charge in [0.05, 0.1) is 13.3 Å². The maximum atomic E-state index is 8.60. The molecule has 3 aromatic carbocycles. The molecule has 4 heteroatoms. The maximum absolute atomic E-state index is 8.60. The molecule has 0 aromatic heterocycles. The Morgan fingerprint density at radius 2 is 1.83 bits per heavy atom. The van der Waals surface area contributed by atoms with Gasteiger partial charge in [0, 0.05) is 5.56 Å². The van der Waals surface area contributed by atoms with Gasteiger partial charge in [0.25, 0.3) is 0 Å². The topological polar surface area (TPSA) is 51.0 Å². The van der Waals surface area contributed by atoms with E-state index in [9.17, 15) is 0 Å². The summed E-state index contributed by atoms with van der Waals surface area (Å²) in [7, 11) is 1.58. The van der Waals surface area contributed by atoms with Crippen LogP contribution in [0.1, 0.15) is 11.1 Å². The largest absolute Gasteiger partial charge is 0.493 e. The van der Waals surface area contributed by atoms with E-state index in [0.29, 0.717) is 18.1 Å². The third-order valence-corrected chi connectivity index (χ3v) is 3.66. The summed E-state index contributed by atoms with van der Waals surface area (Å²) in [5.74, 6) is 1.25. The third kappa shape index (κ3) is 3.26. The van der Waals surface area contributed by atoms with Crippen LogP contribution in [0.25, 0.3) is 10.8 Å². The number of hydrogen-bond donors (Lipinski definition) is 1. The van der Waals surface area contributed by atoms with Gasteiger partial charge in [-0.05, 0) is 34.5 Å². The molecule has 0 aliphatic heterocycles. The fraction of sp³-hybridized carbons (Fsp3) is 0.105. The summed E-state index contributed by atoms with van der Waals surface area (Å²) in [5, 5.41) is 14.0. The van der Waals surface area contributed by atoms with Crippen LogP contribution in [-0.4, -0.2) is 18.5 Å². The number of hydrogen-bond acceptors (Lipinski definition) is 4. The van der Waals surface area contributed by atoms with Gasteiger partial charge in [-0.25, -0.2) is 0 Å². The maximum Gasteiger partial charge on any atom is 0.161 e. The highest BCUT2D eigenvalue weighted by Crippen LogP contribution is 2.29. The number of benzene rings is 3. The monoisotopic (exact) mass is 307 g/mol. The van der Waals surface area contributed by atoms with Crippen molar-refractivity contribution in [3.8, 4) is 11.5 Å². The SMILES string of the molecule is COc1cc(/C=N\O)ccc1OCc1cccc2ccccc12. The summed E-state index contributed by atoms with van der Waals surface area (Å²) in [5.41, 5.74) is 1.85. The molecule has 23 heavy (non-hydrogen) atoms. The highest BCUT2D eigenvalue weighted by atomic mass is 16.5. The fourth-order valence-corrected chi connectivity index (χ4v) is 2.52. The third-order valence-electron chi connectivity index (χ3n) is 3.66. The Bertz CT molecular complexity index is 838. The summed E-state index contributed by atoms with van der Waals surface area (Å²) >= 11 is 0. The molecule has 3 rings (SSSR count). The number of ether oxygens (including phenoxy) is 2. The van der Waals surface area contributed by atoms with Crippen molar-refractivity contribution in [1.82, 2.24) is 0 Å². The summed E-state index contributed by atoms with van der Waals surface area (Å²) < 4.78 is 11.3. The molecule has 0 unspecified atom stereocenters. The molecular weight excluding hydrogens is 290 g/mol. The van der Waals surface area contributed by atoms with Crippen LogP contribution in [-0.2, 0) is 6.61 Å². The number of oxime groups is 1. The summed E-state index contributed by atoms with van der Waals surface area (Å²) in [6.07, 6.45) is 1.34. The molecule has 0 amide bonds. The van der Waals surface area contributed by atoms with Gasteiger partial charge in [-0.2, -0.15) is 0 Å². The lowest BCUT2D eigenvalue weighted by Crippen LogP contribution is -1.99. The van der Waals surface area contributed by atoms with Crippen molar-refractivity contribution in [2.75, 3.05) is 7.11 Å². The summed E-state index contributed by atoms with van der Waals surface area (Å²) in [6.45, 7) is 0.450. The van der Waals surface area contributed by atoms with Crippen LogP contribution in [0.5, 0.6) is 11.5 Å². The number of nitrogens with zero attached hydrogens (tertiary/aromatic N) is 1. The van der Waals surface area contributed by atoms with E-state index in [1.54, 1.807) is 25.3 Å². The van der Waals surface area contributed by atoms with Crippen LogP contribution in [0.2, 0.25) is 0 Å². The molecule has 1 N–H and O–H groups in total. The zero-order chi connectivity index (χ0) is 16.1. The molecule has 0 heterocycles. The highest BCUT2D eigenvalue weighted by molar-refractivity contribution is 5.85. The smallest absolute Gasteiger partial charge is 0.161 e. The first-order valence-electron chi connectivity index (χ1n) is 7.27. The Balaban J connectivity index is 1.85. The van der Waals surface area contributed by atoms with Crippen LogP contribution in [0.15, 0.2) is 65.8 Å². The molecule has 0 aliphatic carbocycles. The van der Waals surface area contributed by atoms with Crippen molar-refractivity contribution < 1.29 is 14.7 Å². The normalized spacial score (nSPS) is 11.0. The Morgan fingerprint density at radius 1 is 1.00 bits per heavy atom. The van der Waals surface area contributed by atoms with Crippen molar-refractivity contribution >= 4 is 17.0 Å². The first-order valence-corrected chi connectivity index (χ1v) is 7.27. The second-order valence-corrected chi connectivity index (χ2v) is 5.08. The van der Waals surface area contributed by atoms with Gasteiger partial charge in [0.15, 0.2) is 11.5 Å². The van der Waals surface area contributed by atoms with Crippen molar-refractivity contribution in [2.24, 2.45) is 5.16 Å². The van der Waals surface area contributed by atoms with E-state index < -0.39 is 0 Å². The average molecular weight is 307 g/mol. The van der Waals surface area contributed by atoms with E-state index >= 15 is 0 Å². The lowest BCUT2D eigenvalue weighted by atomic mass is 10.1. The van der Waals surface area contributed by atoms with E-state index in [0.717, 1.165) is 11.1 Å². The van der Waals surface area contributed by atoms with Gasteiger partial charge in [-0.1, -0.05) is 47.6 Å². The quantitative estimate of drug-likeness (QED) is 0.436. The Labute approximate surface area is 134 Å². The number of rotatable bonds is 5. The fourth-order valence-electron chi connectivity index (χ4n) is 2.52. The molecule has 116 valence electrons. The van der Waals surface area contributed by atoms with Gasteiger partial charge in [-0.15, -0.1) is 0 Å². The van der Waals surface area contributed by atoms with E-state index in [2.05, 4.69) is 29.4 Å². The standard InChI is InChI=1S/C19H17NO3/c1-22-19-11-14(12-20-21)9-10-18(19)23-13-16-7-4-6-15-5-2-3-8-17(15)16/h2-12,21H,13H2,1H3/b20-12-. The van der Waals surface area contributed by atoms with Gasteiger partial charge in [-0.3, -0.25) is 0 Å². The van der Waals surface area contributed by atoms with E-state index in [1.807, 2.05) is 18.2 Å². The van der Waals surface area contributed by atoms with Crippen LogP contribution in [0, 0.1) is 0 Å².